The van der Waals surface area contributed by atoms with Gasteiger partial charge in [0.25, 0.3) is 0 Å². The van der Waals surface area contributed by atoms with Crippen molar-refractivity contribution in [2.75, 3.05) is 5.32 Å². The Kier molecular flexibility index (Phi) is 3.80. The van der Waals surface area contributed by atoms with E-state index < -0.39 is 0 Å². The second kappa shape index (κ2) is 4.89. The van der Waals surface area contributed by atoms with E-state index in [0.29, 0.717) is 0 Å². The van der Waals surface area contributed by atoms with Gasteiger partial charge in [-0.15, -0.1) is 12.4 Å². The Hall–Kier alpha value is -1.42. The fourth-order valence-corrected chi connectivity index (χ4v) is 1.37. The number of hydrogen-bond donors (Lipinski definition) is 1. The first kappa shape index (κ1) is 11.7. The highest BCUT2D eigenvalue weighted by Crippen LogP contribution is 2.05. The number of nitrogens with zero attached hydrogens (tertiary/aromatic N) is 3. The second-order valence-corrected chi connectivity index (χ2v) is 3.34. The van der Waals surface area contributed by atoms with Gasteiger partial charge in [-0.2, -0.15) is 5.10 Å². The fraction of sp³-hybridized carbons (Fsp3) is 0.300. The zero-order valence-corrected chi connectivity index (χ0v) is 9.66. The van der Waals surface area contributed by atoms with E-state index in [0.717, 1.165) is 12.4 Å². The maximum absolute atomic E-state index is 4.24. The first-order valence-electron chi connectivity index (χ1n) is 4.59. The average Bonchev–Trinajstić information content (AvgIpc) is 2.72. The highest BCUT2D eigenvalue weighted by molar-refractivity contribution is 5.85. The van der Waals surface area contributed by atoms with Gasteiger partial charge >= 0.3 is 0 Å². The molecule has 0 aliphatic carbocycles. The van der Waals surface area contributed by atoms with Crippen molar-refractivity contribution >= 4 is 18.2 Å². The molecule has 15 heavy (non-hydrogen) atoms. The minimum atomic E-state index is 0. The minimum absolute atomic E-state index is 0. The number of rotatable bonds is 3. The summed E-state index contributed by atoms with van der Waals surface area (Å²) in [7, 11) is 3.95. The molecule has 0 bridgehead atoms. The SMILES string of the molecule is Cl.Cn1ccc(NCc2cccn2C)n1. The minimum Gasteiger partial charge on any atom is -0.363 e. The Bertz CT molecular complexity index is 418. The summed E-state index contributed by atoms with van der Waals surface area (Å²) in [5.41, 5.74) is 1.25. The Balaban J connectivity index is 0.00000112. The van der Waals surface area contributed by atoms with Crippen molar-refractivity contribution in [1.29, 1.82) is 0 Å². The lowest BCUT2D eigenvalue weighted by Crippen LogP contribution is -2.04. The van der Waals surface area contributed by atoms with Crippen molar-refractivity contribution in [3.63, 3.8) is 0 Å². The smallest absolute Gasteiger partial charge is 0.148 e. The van der Waals surface area contributed by atoms with E-state index in [1.807, 2.05) is 38.6 Å². The van der Waals surface area contributed by atoms with Crippen molar-refractivity contribution in [1.82, 2.24) is 14.3 Å². The zero-order chi connectivity index (χ0) is 9.97. The summed E-state index contributed by atoms with van der Waals surface area (Å²) < 4.78 is 3.88. The van der Waals surface area contributed by atoms with Crippen molar-refractivity contribution in [2.24, 2.45) is 14.1 Å². The van der Waals surface area contributed by atoms with E-state index in [2.05, 4.69) is 21.0 Å². The molecule has 1 N–H and O–H groups in total. The molecule has 2 rings (SSSR count). The lowest BCUT2D eigenvalue weighted by atomic mass is 10.4. The Morgan fingerprint density at radius 2 is 2.07 bits per heavy atom. The number of aryl methyl sites for hydroxylation is 2. The average molecular weight is 227 g/mol. The monoisotopic (exact) mass is 226 g/mol. The van der Waals surface area contributed by atoms with Crippen LogP contribution in [0.2, 0.25) is 0 Å². The Labute approximate surface area is 95.3 Å². The molecule has 5 heteroatoms. The maximum atomic E-state index is 4.24. The van der Waals surface area contributed by atoms with Crippen molar-refractivity contribution in [3.8, 4) is 0 Å². The summed E-state index contributed by atoms with van der Waals surface area (Å²) >= 11 is 0. The third kappa shape index (κ3) is 2.76. The van der Waals surface area contributed by atoms with Gasteiger partial charge in [0.2, 0.25) is 0 Å². The maximum Gasteiger partial charge on any atom is 0.148 e. The van der Waals surface area contributed by atoms with Gasteiger partial charge in [-0.05, 0) is 12.1 Å². The quantitative estimate of drug-likeness (QED) is 0.866. The molecule has 2 aromatic heterocycles. The molecule has 0 spiro atoms. The van der Waals surface area contributed by atoms with Gasteiger partial charge in [-0.25, -0.2) is 0 Å². The van der Waals surface area contributed by atoms with Gasteiger partial charge < -0.3 is 9.88 Å². The van der Waals surface area contributed by atoms with Crippen LogP contribution in [0.3, 0.4) is 0 Å². The van der Waals surface area contributed by atoms with Gasteiger partial charge in [0.05, 0.1) is 6.54 Å². The summed E-state index contributed by atoms with van der Waals surface area (Å²) in [6.45, 7) is 0.806. The summed E-state index contributed by atoms with van der Waals surface area (Å²) in [5.74, 6) is 0.911. The molecule has 0 fully saturated rings. The number of aromatic nitrogens is 3. The van der Waals surface area contributed by atoms with Crippen LogP contribution < -0.4 is 5.32 Å². The van der Waals surface area contributed by atoms with Crippen LogP contribution in [0.4, 0.5) is 5.82 Å². The summed E-state index contributed by atoms with van der Waals surface area (Å²) in [6.07, 6.45) is 3.96. The molecule has 0 saturated carbocycles. The van der Waals surface area contributed by atoms with Crippen LogP contribution in [0.5, 0.6) is 0 Å². The molecule has 0 saturated heterocycles. The van der Waals surface area contributed by atoms with E-state index in [4.69, 9.17) is 0 Å². The largest absolute Gasteiger partial charge is 0.363 e. The molecule has 2 heterocycles. The van der Waals surface area contributed by atoms with Crippen LogP contribution in [0.1, 0.15) is 5.69 Å². The van der Waals surface area contributed by atoms with Gasteiger partial charge in [-0.3, -0.25) is 4.68 Å². The first-order chi connectivity index (χ1) is 6.75. The van der Waals surface area contributed by atoms with E-state index in [1.165, 1.54) is 5.69 Å². The van der Waals surface area contributed by atoms with Gasteiger partial charge in [0.1, 0.15) is 5.82 Å². The van der Waals surface area contributed by atoms with Gasteiger partial charge in [-0.1, -0.05) is 0 Å². The van der Waals surface area contributed by atoms with Crippen LogP contribution in [0.15, 0.2) is 30.6 Å². The zero-order valence-electron chi connectivity index (χ0n) is 8.84. The van der Waals surface area contributed by atoms with Crippen molar-refractivity contribution in [2.45, 2.75) is 6.54 Å². The van der Waals surface area contributed by atoms with E-state index in [-0.39, 0.29) is 12.4 Å². The normalized spacial score (nSPS) is 9.73. The standard InChI is InChI=1S/C10H14N4.ClH/c1-13-6-3-4-9(13)8-11-10-5-7-14(2)12-10;/h3-7H,8H2,1-2H3,(H,11,12);1H. The number of halogens is 1. The first-order valence-corrected chi connectivity index (χ1v) is 4.59. The highest BCUT2D eigenvalue weighted by atomic mass is 35.5. The molecule has 0 aromatic carbocycles. The van der Waals surface area contributed by atoms with Crippen LogP contribution in [-0.4, -0.2) is 14.3 Å². The predicted octanol–water partition coefficient (Wildman–Crippen LogP) is 1.79. The number of hydrogen-bond acceptors (Lipinski definition) is 2. The highest BCUT2D eigenvalue weighted by Gasteiger charge is 1.98. The summed E-state index contributed by atoms with van der Waals surface area (Å²) in [6, 6.07) is 6.09. The molecule has 0 amide bonds. The Morgan fingerprint density at radius 1 is 1.27 bits per heavy atom. The van der Waals surface area contributed by atoms with Crippen molar-refractivity contribution < 1.29 is 0 Å². The summed E-state index contributed by atoms with van der Waals surface area (Å²) in [4.78, 5) is 0. The molecular weight excluding hydrogens is 212 g/mol. The molecule has 4 nitrogen and oxygen atoms in total. The third-order valence-electron chi connectivity index (χ3n) is 2.22. The van der Waals surface area contributed by atoms with Crippen LogP contribution >= 0.6 is 12.4 Å². The summed E-state index contributed by atoms with van der Waals surface area (Å²) in [5, 5.41) is 7.49. The number of nitrogens with one attached hydrogen (secondary N) is 1. The van der Waals surface area contributed by atoms with Crippen molar-refractivity contribution in [3.05, 3.63) is 36.3 Å². The molecule has 0 unspecified atom stereocenters. The molecule has 0 radical (unpaired) electrons. The van der Waals surface area contributed by atoms with Gasteiger partial charge in [0, 0.05) is 38.2 Å². The van der Waals surface area contributed by atoms with Gasteiger partial charge in [0.15, 0.2) is 0 Å². The lowest BCUT2D eigenvalue weighted by molar-refractivity contribution is 0.765. The van der Waals surface area contributed by atoms with Crippen LogP contribution in [0, 0.1) is 0 Å². The second-order valence-electron chi connectivity index (χ2n) is 3.34. The molecule has 0 aliphatic heterocycles. The Morgan fingerprint density at radius 3 is 2.60 bits per heavy atom. The van der Waals surface area contributed by atoms with E-state index >= 15 is 0 Å². The molecular formula is C10H15ClN4. The lowest BCUT2D eigenvalue weighted by Gasteiger charge is -2.04. The van der Waals surface area contributed by atoms with Crippen LogP contribution in [0.25, 0.3) is 0 Å². The van der Waals surface area contributed by atoms with E-state index in [9.17, 15) is 0 Å². The van der Waals surface area contributed by atoms with E-state index in [1.54, 1.807) is 4.68 Å². The molecule has 0 atom stereocenters. The topological polar surface area (TPSA) is 34.8 Å². The third-order valence-corrected chi connectivity index (χ3v) is 2.22. The number of anilines is 1. The van der Waals surface area contributed by atoms with Crippen LogP contribution in [-0.2, 0) is 20.6 Å². The molecule has 82 valence electrons. The molecule has 2 aromatic rings. The molecule has 0 aliphatic rings. The predicted molar refractivity (Wildman–Crippen MR) is 63.2 cm³/mol. The fourth-order valence-electron chi connectivity index (χ4n) is 1.37.